The molecule has 1 amide bonds. The Hall–Kier alpha value is -2.33. The molecule has 4 nitrogen and oxygen atoms in total. The first kappa shape index (κ1) is 12.7. The van der Waals surface area contributed by atoms with Crippen molar-refractivity contribution >= 4 is 23.0 Å². The number of hydrogen-bond acceptors (Lipinski definition) is 3. The Balaban J connectivity index is 2.15. The highest BCUT2D eigenvalue weighted by Crippen LogP contribution is 2.36. The molecule has 102 valence electrons. The van der Waals surface area contributed by atoms with Gasteiger partial charge in [-0.2, -0.15) is 0 Å². The molecule has 0 fully saturated rings. The third kappa shape index (κ3) is 2.04. The fourth-order valence-electron chi connectivity index (χ4n) is 2.57. The standard InChI is InChI=1S/C16H17N3O/c1-18-14-9-5-6-10-15(14)19(11-13(17)16(18)20)12-7-3-2-4-8-12/h2-10,13H,11,17H2,1H3/t13-/m0/s1. The highest BCUT2D eigenvalue weighted by Gasteiger charge is 2.29. The average Bonchev–Trinajstić information content (AvgIpc) is 2.60. The van der Waals surface area contributed by atoms with Crippen molar-refractivity contribution in [3.8, 4) is 0 Å². The minimum absolute atomic E-state index is 0.0594. The molecule has 2 aromatic carbocycles. The Morgan fingerprint density at radius 2 is 1.60 bits per heavy atom. The zero-order chi connectivity index (χ0) is 14.1. The fourth-order valence-corrected chi connectivity index (χ4v) is 2.57. The Labute approximate surface area is 118 Å². The van der Waals surface area contributed by atoms with Gasteiger partial charge < -0.3 is 15.5 Å². The smallest absolute Gasteiger partial charge is 0.245 e. The predicted molar refractivity (Wildman–Crippen MR) is 81.3 cm³/mol. The maximum Gasteiger partial charge on any atom is 0.245 e. The maximum absolute atomic E-state index is 12.3. The van der Waals surface area contributed by atoms with Crippen molar-refractivity contribution in [1.82, 2.24) is 0 Å². The van der Waals surface area contributed by atoms with Crippen LogP contribution in [0.3, 0.4) is 0 Å². The van der Waals surface area contributed by atoms with E-state index in [1.165, 1.54) is 0 Å². The van der Waals surface area contributed by atoms with Crippen molar-refractivity contribution in [1.29, 1.82) is 0 Å². The van der Waals surface area contributed by atoms with Crippen LogP contribution in [0.25, 0.3) is 0 Å². The molecule has 0 radical (unpaired) electrons. The average molecular weight is 267 g/mol. The van der Waals surface area contributed by atoms with Gasteiger partial charge in [0.05, 0.1) is 11.4 Å². The molecule has 1 aliphatic heterocycles. The molecule has 0 aromatic heterocycles. The van der Waals surface area contributed by atoms with E-state index in [9.17, 15) is 4.79 Å². The number of nitrogens with two attached hydrogens (primary N) is 1. The Kier molecular flexibility index (Phi) is 3.16. The number of benzene rings is 2. The van der Waals surface area contributed by atoms with E-state index in [0.717, 1.165) is 17.1 Å². The minimum Gasteiger partial charge on any atom is -0.338 e. The Bertz CT molecular complexity index is 627. The third-order valence-corrected chi connectivity index (χ3v) is 3.63. The number of carbonyl (C=O) groups is 1. The van der Waals surface area contributed by atoms with Crippen LogP contribution < -0.4 is 15.5 Å². The normalized spacial score (nSPS) is 18.7. The number of hydrogen-bond donors (Lipinski definition) is 1. The zero-order valence-corrected chi connectivity index (χ0v) is 11.4. The van der Waals surface area contributed by atoms with Crippen LogP contribution >= 0.6 is 0 Å². The molecule has 1 heterocycles. The Morgan fingerprint density at radius 3 is 2.30 bits per heavy atom. The van der Waals surface area contributed by atoms with Crippen molar-refractivity contribution < 1.29 is 4.79 Å². The monoisotopic (exact) mass is 267 g/mol. The molecular weight excluding hydrogens is 250 g/mol. The first-order valence-electron chi connectivity index (χ1n) is 6.63. The number of rotatable bonds is 1. The lowest BCUT2D eigenvalue weighted by atomic mass is 10.2. The summed E-state index contributed by atoms with van der Waals surface area (Å²) < 4.78 is 0. The first-order chi connectivity index (χ1) is 9.68. The van der Waals surface area contributed by atoms with E-state index < -0.39 is 6.04 Å². The lowest BCUT2D eigenvalue weighted by Gasteiger charge is -2.25. The second kappa shape index (κ2) is 4.98. The van der Waals surface area contributed by atoms with Crippen LogP contribution in [0.5, 0.6) is 0 Å². The van der Waals surface area contributed by atoms with Crippen LogP contribution in [-0.2, 0) is 4.79 Å². The molecule has 0 bridgehead atoms. The zero-order valence-electron chi connectivity index (χ0n) is 11.4. The molecule has 0 unspecified atom stereocenters. The maximum atomic E-state index is 12.3. The molecule has 2 aromatic rings. The summed E-state index contributed by atoms with van der Waals surface area (Å²) in [6.07, 6.45) is 0. The number of likely N-dealkylation sites (N-methyl/N-ethyl adjacent to an activating group) is 1. The van der Waals surface area contributed by atoms with Crippen LogP contribution in [-0.4, -0.2) is 25.5 Å². The molecular formula is C16H17N3O. The van der Waals surface area contributed by atoms with E-state index in [4.69, 9.17) is 5.73 Å². The number of amides is 1. The number of para-hydroxylation sites is 3. The molecule has 0 saturated heterocycles. The second-order valence-corrected chi connectivity index (χ2v) is 4.94. The molecule has 2 N–H and O–H groups in total. The Morgan fingerprint density at radius 1 is 1.00 bits per heavy atom. The van der Waals surface area contributed by atoms with Crippen molar-refractivity contribution in [2.24, 2.45) is 5.73 Å². The minimum atomic E-state index is -0.535. The van der Waals surface area contributed by atoms with Crippen molar-refractivity contribution in [3.63, 3.8) is 0 Å². The second-order valence-electron chi connectivity index (χ2n) is 4.94. The van der Waals surface area contributed by atoms with Gasteiger partial charge in [0.1, 0.15) is 6.04 Å². The molecule has 0 spiro atoms. The van der Waals surface area contributed by atoms with Crippen LogP contribution in [0.2, 0.25) is 0 Å². The third-order valence-electron chi connectivity index (χ3n) is 3.63. The van der Waals surface area contributed by atoms with Crippen molar-refractivity contribution in [2.75, 3.05) is 23.4 Å². The number of fused-ring (bicyclic) bond motifs is 1. The van der Waals surface area contributed by atoms with Crippen LogP contribution in [0.1, 0.15) is 0 Å². The summed E-state index contributed by atoms with van der Waals surface area (Å²) in [4.78, 5) is 16.0. The quantitative estimate of drug-likeness (QED) is 0.861. The molecule has 1 aliphatic rings. The first-order valence-corrected chi connectivity index (χ1v) is 6.63. The number of nitrogens with zero attached hydrogens (tertiary/aromatic N) is 2. The molecule has 4 heteroatoms. The van der Waals surface area contributed by atoms with Gasteiger partial charge in [0.2, 0.25) is 5.91 Å². The highest BCUT2D eigenvalue weighted by atomic mass is 16.2. The van der Waals surface area contributed by atoms with Gasteiger partial charge in [0.25, 0.3) is 0 Å². The molecule has 1 atom stereocenters. The van der Waals surface area contributed by atoms with Gasteiger partial charge >= 0.3 is 0 Å². The summed E-state index contributed by atoms with van der Waals surface area (Å²) in [6.45, 7) is 0.476. The van der Waals surface area contributed by atoms with Crippen molar-refractivity contribution in [2.45, 2.75) is 6.04 Å². The van der Waals surface area contributed by atoms with E-state index >= 15 is 0 Å². The van der Waals surface area contributed by atoms with Crippen molar-refractivity contribution in [3.05, 3.63) is 54.6 Å². The van der Waals surface area contributed by atoms with E-state index in [-0.39, 0.29) is 5.91 Å². The van der Waals surface area contributed by atoms with Crippen LogP contribution in [0.15, 0.2) is 54.6 Å². The summed E-state index contributed by atoms with van der Waals surface area (Å²) in [5.74, 6) is -0.0594. The van der Waals surface area contributed by atoms with Crippen LogP contribution in [0.4, 0.5) is 17.1 Å². The predicted octanol–water partition coefficient (Wildman–Crippen LogP) is 2.13. The SMILES string of the molecule is CN1C(=O)[C@@H](N)CN(c2ccccc2)c2ccccc21. The van der Waals surface area contributed by atoms with E-state index in [1.54, 1.807) is 11.9 Å². The van der Waals surface area contributed by atoms with Gasteiger partial charge in [0, 0.05) is 19.3 Å². The summed E-state index contributed by atoms with van der Waals surface area (Å²) in [7, 11) is 1.77. The van der Waals surface area contributed by atoms with E-state index in [2.05, 4.69) is 4.90 Å². The summed E-state index contributed by atoms with van der Waals surface area (Å²) in [5, 5.41) is 0. The molecule has 0 saturated carbocycles. The van der Waals surface area contributed by atoms with Gasteiger partial charge in [-0.3, -0.25) is 4.79 Å². The largest absolute Gasteiger partial charge is 0.338 e. The van der Waals surface area contributed by atoms with Gasteiger partial charge in [-0.15, -0.1) is 0 Å². The van der Waals surface area contributed by atoms with Gasteiger partial charge in [-0.1, -0.05) is 30.3 Å². The number of anilines is 3. The van der Waals surface area contributed by atoms with E-state index in [0.29, 0.717) is 6.54 Å². The molecule has 0 aliphatic carbocycles. The summed E-state index contributed by atoms with van der Waals surface area (Å²) in [5.41, 5.74) is 8.97. The lowest BCUT2D eigenvalue weighted by Crippen LogP contribution is -2.45. The van der Waals surface area contributed by atoms with Gasteiger partial charge in [0.15, 0.2) is 0 Å². The fraction of sp³-hybridized carbons (Fsp3) is 0.188. The molecule has 3 rings (SSSR count). The molecule has 20 heavy (non-hydrogen) atoms. The topological polar surface area (TPSA) is 49.6 Å². The summed E-state index contributed by atoms with van der Waals surface area (Å²) >= 11 is 0. The van der Waals surface area contributed by atoms with Gasteiger partial charge in [-0.05, 0) is 24.3 Å². The highest BCUT2D eigenvalue weighted by molar-refractivity contribution is 6.02. The van der Waals surface area contributed by atoms with Gasteiger partial charge in [-0.25, -0.2) is 0 Å². The summed E-state index contributed by atoms with van der Waals surface area (Å²) in [6, 6.07) is 17.3. The lowest BCUT2D eigenvalue weighted by molar-refractivity contribution is -0.119. The number of carbonyl (C=O) groups excluding carboxylic acids is 1. The van der Waals surface area contributed by atoms with Crippen LogP contribution in [0, 0.1) is 0 Å². The van der Waals surface area contributed by atoms with E-state index in [1.807, 2.05) is 54.6 Å².